The molecule has 0 heterocycles. The summed E-state index contributed by atoms with van der Waals surface area (Å²) < 4.78 is 5.38. The zero-order valence-corrected chi connectivity index (χ0v) is 16.7. The highest BCUT2D eigenvalue weighted by Gasteiger charge is 2.15. The molecule has 27 heavy (non-hydrogen) atoms. The van der Waals surface area contributed by atoms with Gasteiger partial charge in [-0.2, -0.15) is 0 Å². The van der Waals surface area contributed by atoms with Crippen molar-refractivity contribution in [1.29, 1.82) is 0 Å². The second kappa shape index (κ2) is 10.7. The molecule has 0 fully saturated rings. The first kappa shape index (κ1) is 21.0. The molecule has 1 unspecified atom stereocenters. The van der Waals surface area contributed by atoms with Crippen molar-refractivity contribution in [3.8, 4) is 5.75 Å². The van der Waals surface area contributed by atoms with E-state index in [4.69, 9.17) is 4.74 Å². The van der Waals surface area contributed by atoms with Crippen LogP contribution in [-0.2, 0) is 11.3 Å². The van der Waals surface area contributed by atoms with E-state index >= 15 is 0 Å². The molecule has 2 rings (SSSR count). The maximum absolute atomic E-state index is 12.1. The number of carbonyl (C=O) groups is 2. The van der Waals surface area contributed by atoms with E-state index in [0.717, 1.165) is 41.0 Å². The number of imide groups is 1. The van der Waals surface area contributed by atoms with Gasteiger partial charge in [0.25, 0.3) is 5.91 Å². The average Bonchev–Trinajstić information content (AvgIpc) is 2.62. The molecule has 148 valence electrons. The lowest BCUT2D eigenvalue weighted by molar-refractivity contribution is -0.885. The van der Waals surface area contributed by atoms with E-state index in [1.807, 2.05) is 26.1 Å². The number of hydrogen-bond donors (Lipinski definition) is 3. The van der Waals surface area contributed by atoms with E-state index in [1.165, 1.54) is 18.4 Å². The number of allylic oxidation sites excluding steroid dienone is 1. The molecule has 0 aliphatic heterocycles. The normalized spacial score (nSPS) is 14.9. The molecule has 6 nitrogen and oxygen atoms in total. The van der Waals surface area contributed by atoms with Gasteiger partial charge in [0, 0.05) is 12.1 Å². The minimum absolute atomic E-state index is 0.218. The van der Waals surface area contributed by atoms with Crippen LogP contribution in [-0.4, -0.2) is 39.2 Å². The highest BCUT2D eigenvalue weighted by atomic mass is 16.5. The number of quaternary nitrogens is 1. The minimum Gasteiger partial charge on any atom is -0.496 e. The van der Waals surface area contributed by atoms with Gasteiger partial charge in [0.2, 0.25) is 0 Å². The van der Waals surface area contributed by atoms with Crippen molar-refractivity contribution in [2.24, 2.45) is 0 Å². The molecule has 0 saturated heterocycles. The largest absolute Gasteiger partial charge is 0.496 e. The van der Waals surface area contributed by atoms with Crippen LogP contribution in [0.25, 0.3) is 0 Å². The average molecular weight is 375 g/mol. The molecule has 0 radical (unpaired) electrons. The number of nitrogens with one attached hydrogen (secondary N) is 3. The fraction of sp³-hybridized carbons (Fsp3) is 0.524. The van der Waals surface area contributed by atoms with Gasteiger partial charge in [-0.3, -0.25) is 10.1 Å². The first-order valence-electron chi connectivity index (χ1n) is 9.68. The van der Waals surface area contributed by atoms with E-state index in [1.54, 1.807) is 7.11 Å². The molecule has 1 aromatic carbocycles. The molecular weight excluding hydrogens is 342 g/mol. The molecule has 0 spiro atoms. The Balaban J connectivity index is 1.71. The number of benzene rings is 1. The summed E-state index contributed by atoms with van der Waals surface area (Å²) in [6.45, 7) is 3.45. The molecule has 1 aliphatic carbocycles. The highest BCUT2D eigenvalue weighted by Crippen LogP contribution is 2.19. The molecular formula is C21H32N3O3+. The number of aryl methyl sites for hydroxylation is 1. The van der Waals surface area contributed by atoms with E-state index in [0.29, 0.717) is 13.1 Å². The van der Waals surface area contributed by atoms with Crippen molar-refractivity contribution in [2.75, 3.05) is 27.2 Å². The Morgan fingerprint density at radius 1 is 1.26 bits per heavy atom. The number of amides is 3. The van der Waals surface area contributed by atoms with Gasteiger partial charge in [-0.05, 0) is 51.2 Å². The lowest BCUT2D eigenvalue weighted by Crippen LogP contribution is -3.09. The number of ether oxygens (including phenoxy) is 1. The quantitative estimate of drug-likeness (QED) is 0.607. The predicted octanol–water partition coefficient (Wildman–Crippen LogP) is 1.73. The van der Waals surface area contributed by atoms with Gasteiger partial charge in [0.1, 0.15) is 12.3 Å². The van der Waals surface area contributed by atoms with Crippen molar-refractivity contribution in [3.63, 3.8) is 0 Å². The Hall–Kier alpha value is -2.34. The maximum Gasteiger partial charge on any atom is 0.321 e. The van der Waals surface area contributed by atoms with Gasteiger partial charge in [0.15, 0.2) is 6.54 Å². The molecule has 3 amide bonds. The van der Waals surface area contributed by atoms with Gasteiger partial charge < -0.3 is 15.0 Å². The zero-order chi connectivity index (χ0) is 19.6. The Bertz CT molecular complexity index is 685. The number of urea groups is 1. The molecule has 0 aromatic heterocycles. The molecule has 0 bridgehead atoms. The Morgan fingerprint density at radius 2 is 2.07 bits per heavy atom. The van der Waals surface area contributed by atoms with Gasteiger partial charge >= 0.3 is 6.03 Å². The highest BCUT2D eigenvalue weighted by molar-refractivity contribution is 5.94. The molecule has 0 saturated carbocycles. The van der Waals surface area contributed by atoms with Gasteiger partial charge in [-0.15, -0.1) is 0 Å². The van der Waals surface area contributed by atoms with Gasteiger partial charge in [-0.25, -0.2) is 4.79 Å². The van der Waals surface area contributed by atoms with Crippen molar-refractivity contribution in [3.05, 3.63) is 41.0 Å². The fourth-order valence-electron chi connectivity index (χ4n) is 3.39. The SMILES string of the molecule is COc1ccc(C)cc1C[NH+](C)CC(=O)NC(=O)NCCC1=CCCCC1. The maximum atomic E-state index is 12.1. The van der Waals surface area contributed by atoms with Crippen molar-refractivity contribution >= 4 is 11.9 Å². The first-order valence-corrected chi connectivity index (χ1v) is 9.68. The Morgan fingerprint density at radius 3 is 2.78 bits per heavy atom. The van der Waals surface area contributed by atoms with E-state index in [9.17, 15) is 9.59 Å². The first-order chi connectivity index (χ1) is 13.0. The van der Waals surface area contributed by atoms with Crippen LogP contribution in [0.15, 0.2) is 29.8 Å². The third-order valence-corrected chi connectivity index (χ3v) is 4.76. The van der Waals surface area contributed by atoms with Crippen molar-refractivity contribution < 1.29 is 19.2 Å². The Kier molecular flexibility index (Phi) is 8.33. The smallest absolute Gasteiger partial charge is 0.321 e. The fourth-order valence-corrected chi connectivity index (χ4v) is 3.39. The second-order valence-corrected chi connectivity index (χ2v) is 7.29. The topological polar surface area (TPSA) is 71.9 Å². The molecule has 1 aliphatic rings. The molecule has 1 aromatic rings. The van der Waals surface area contributed by atoms with E-state index in [-0.39, 0.29) is 12.5 Å². The van der Waals surface area contributed by atoms with Crippen molar-refractivity contribution in [2.45, 2.75) is 45.6 Å². The summed E-state index contributed by atoms with van der Waals surface area (Å²) in [5, 5.41) is 5.18. The van der Waals surface area contributed by atoms with Gasteiger partial charge in [-0.1, -0.05) is 23.3 Å². The van der Waals surface area contributed by atoms with Crippen LogP contribution in [0.3, 0.4) is 0 Å². The molecule has 1 atom stereocenters. The summed E-state index contributed by atoms with van der Waals surface area (Å²) in [4.78, 5) is 25.0. The summed E-state index contributed by atoms with van der Waals surface area (Å²) in [5.74, 6) is 0.531. The third-order valence-electron chi connectivity index (χ3n) is 4.76. The molecule has 6 heteroatoms. The second-order valence-electron chi connectivity index (χ2n) is 7.29. The standard InChI is InChI=1S/C21H31N3O3/c1-16-9-10-19(27-3)18(13-16)14-24(2)15-20(25)23-21(26)22-12-11-17-7-5-4-6-8-17/h7,9-10,13H,4-6,8,11-12,14-15H2,1-3H3,(H2,22,23,25,26)/p+1. The van der Waals surface area contributed by atoms with Gasteiger partial charge in [0.05, 0.1) is 14.2 Å². The van der Waals surface area contributed by atoms with Crippen LogP contribution in [0.4, 0.5) is 4.79 Å². The Labute approximate surface area is 162 Å². The van der Waals surface area contributed by atoms with Crippen molar-refractivity contribution in [1.82, 2.24) is 10.6 Å². The summed E-state index contributed by atoms with van der Waals surface area (Å²) >= 11 is 0. The number of methoxy groups -OCH3 is 1. The lowest BCUT2D eigenvalue weighted by Gasteiger charge is -2.16. The monoisotopic (exact) mass is 374 g/mol. The summed E-state index contributed by atoms with van der Waals surface area (Å²) in [7, 11) is 3.57. The number of hydrogen-bond acceptors (Lipinski definition) is 3. The van der Waals surface area contributed by atoms with Crippen LogP contribution in [0.1, 0.15) is 43.2 Å². The third kappa shape index (κ3) is 7.43. The van der Waals surface area contributed by atoms with Crippen LogP contribution in [0.2, 0.25) is 0 Å². The van der Waals surface area contributed by atoms with Crippen LogP contribution >= 0.6 is 0 Å². The lowest BCUT2D eigenvalue weighted by atomic mass is 9.97. The summed E-state index contributed by atoms with van der Waals surface area (Å²) in [6.07, 6.45) is 7.89. The summed E-state index contributed by atoms with van der Waals surface area (Å²) in [5.41, 5.74) is 3.60. The van der Waals surface area contributed by atoms with Crippen LogP contribution in [0.5, 0.6) is 5.75 Å². The van der Waals surface area contributed by atoms with Crippen LogP contribution in [0, 0.1) is 6.92 Å². The predicted molar refractivity (Wildman–Crippen MR) is 106 cm³/mol. The van der Waals surface area contributed by atoms with E-state index < -0.39 is 6.03 Å². The zero-order valence-electron chi connectivity index (χ0n) is 16.7. The molecule has 3 N–H and O–H groups in total. The summed E-state index contributed by atoms with van der Waals surface area (Å²) in [6, 6.07) is 5.58. The number of rotatable bonds is 8. The van der Waals surface area contributed by atoms with Crippen LogP contribution < -0.4 is 20.3 Å². The number of carbonyl (C=O) groups excluding carboxylic acids is 2. The minimum atomic E-state index is -0.419. The van der Waals surface area contributed by atoms with E-state index in [2.05, 4.69) is 22.8 Å². The number of likely N-dealkylation sites (N-methyl/N-ethyl adjacent to an activating group) is 1.